The first kappa shape index (κ1) is 18.8. The number of fused-ring (bicyclic) bond motifs is 1. The van der Waals surface area contributed by atoms with Gasteiger partial charge < -0.3 is 9.47 Å². The summed E-state index contributed by atoms with van der Waals surface area (Å²) in [5.74, 6) is 0.625. The van der Waals surface area contributed by atoms with E-state index >= 15 is 0 Å². The summed E-state index contributed by atoms with van der Waals surface area (Å²) < 4.78 is 10.9. The van der Waals surface area contributed by atoms with Crippen molar-refractivity contribution in [3.05, 3.63) is 46.5 Å². The van der Waals surface area contributed by atoms with Crippen molar-refractivity contribution in [2.45, 2.75) is 53.4 Å². The molecule has 0 fully saturated rings. The minimum absolute atomic E-state index is 0.0694. The molecule has 2 unspecified atom stereocenters. The molecule has 3 nitrogen and oxygen atoms in total. The summed E-state index contributed by atoms with van der Waals surface area (Å²) in [5, 5.41) is 0. The van der Waals surface area contributed by atoms with Gasteiger partial charge >= 0.3 is 5.97 Å². The van der Waals surface area contributed by atoms with Crippen LogP contribution in [-0.2, 0) is 9.53 Å². The number of ether oxygens (including phenoxy) is 2. The maximum Gasteiger partial charge on any atom is 0.335 e. The number of para-hydroxylation sites is 1. The van der Waals surface area contributed by atoms with Crippen LogP contribution in [0.2, 0.25) is 0 Å². The van der Waals surface area contributed by atoms with Crippen molar-refractivity contribution in [3.63, 3.8) is 0 Å². The molecular formula is C23H30O3. The van der Waals surface area contributed by atoms with E-state index < -0.39 is 0 Å². The molecule has 0 aliphatic heterocycles. The molecule has 0 spiro atoms. The Hall–Kier alpha value is -2.03. The normalized spacial score (nSPS) is 26.8. The lowest BCUT2D eigenvalue weighted by atomic mass is 9.31. The first-order chi connectivity index (χ1) is 12.5. The van der Waals surface area contributed by atoms with Crippen LogP contribution in [-0.4, -0.2) is 20.2 Å². The molecule has 1 aromatic carbocycles. The van der Waals surface area contributed by atoms with Gasteiger partial charge in [0.2, 0.25) is 0 Å². The summed E-state index contributed by atoms with van der Waals surface area (Å²) in [6.07, 6.45) is 3.92. The van der Waals surface area contributed by atoms with Crippen LogP contribution in [0.15, 0.2) is 41.0 Å². The summed E-state index contributed by atoms with van der Waals surface area (Å²) in [7, 11) is 3.18. The molecule has 0 saturated carbocycles. The topological polar surface area (TPSA) is 35.5 Å². The van der Waals surface area contributed by atoms with Crippen LogP contribution >= 0.6 is 0 Å². The number of methoxy groups -OCH3 is 2. The summed E-state index contributed by atoms with van der Waals surface area (Å²) in [6.45, 7) is 8.89. The van der Waals surface area contributed by atoms with Crippen LogP contribution in [0.3, 0.4) is 0 Å². The zero-order valence-corrected chi connectivity index (χ0v) is 16.9. The number of carbonyl (C=O) groups excluding carboxylic acids is 1. The van der Waals surface area contributed by atoms with E-state index in [-0.39, 0.29) is 16.8 Å². The lowest BCUT2D eigenvalue weighted by Crippen LogP contribution is -2.63. The van der Waals surface area contributed by atoms with E-state index in [0.717, 1.165) is 48.1 Å². The maximum absolute atomic E-state index is 12.9. The molecule has 0 N–H and O–H groups in total. The minimum atomic E-state index is -0.196. The number of esters is 1. The number of rotatable bonds is 7. The molecule has 140 valence electrons. The van der Waals surface area contributed by atoms with Crippen LogP contribution in [0.25, 0.3) is 5.57 Å². The first-order valence-electron chi connectivity index (χ1n) is 9.75. The van der Waals surface area contributed by atoms with Gasteiger partial charge in [-0.3, -0.25) is 0 Å². The van der Waals surface area contributed by atoms with Crippen LogP contribution < -0.4 is 4.74 Å². The lowest BCUT2D eigenvalue weighted by molar-refractivity contribution is -0.139. The van der Waals surface area contributed by atoms with Crippen LogP contribution in [0, 0.1) is 10.8 Å². The Morgan fingerprint density at radius 3 is 2.00 bits per heavy atom. The SMILES string of the molecule is CCC1=C(CC)C2(CC)C(c3ccccc3OC)=C(C(=O)OC)C12CC. The molecular weight excluding hydrogens is 324 g/mol. The molecule has 1 aromatic rings. The Morgan fingerprint density at radius 1 is 0.923 bits per heavy atom. The van der Waals surface area contributed by atoms with Crippen molar-refractivity contribution >= 4 is 11.5 Å². The number of allylic oxidation sites excluding steroid dienone is 3. The number of carbonyl (C=O) groups is 1. The van der Waals surface area contributed by atoms with Crippen molar-refractivity contribution in [1.29, 1.82) is 0 Å². The Balaban J connectivity index is 2.36. The van der Waals surface area contributed by atoms with E-state index in [4.69, 9.17) is 9.47 Å². The molecule has 2 atom stereocenters. The van der Waals surface area contributed by atoms with E-state index in [1.54, 1.807) is 7.11 Å². The third kappa shape index (κ3) is 1.87. The number of hydrogen-bond donors (Lipinski definition) is 0. The molecule has 2 aliphatic carbocycles. The van der Waals surface area contributed by atoms with Gasteiger partial charge in [-0.1, -0.05) is 57.0 Å². The van der Waals surface area contributed by atoms with Gasteiger partial charge in [-0.05, 0) is 37.3 Å². The highest BCUT2D eigenvalue weighted by Gasteiger charge is 2.73. The number of benzene rings is 1. The fraction of sp³-hybridized carbons (Fsp3) is 0.522. The molecule has 0 bridgehead atoms. The van der Waals surface area contributed by atoms with Crippen molar-refractivity contribution in [2.75, 3.05) is 14.2 Å². The second-order valence-corrected chi connectivity index (χ2v) is 7.12. The third-order valence-corrected chi connectivity index (χ3v) is 6.76. The zero-order valence-electron chi connectivity index (χ0n) is 16.9. The zero-order chi connectivity index (χ0) is 19.1. The Morgan fingerprint density at radius 2 is 1.50 bits per heavy atom. The van der Waals surface area contributed by atoms with E-state index in [0.29, 0.717) is 0 Å². The van der Waals surface area contributed by atoms with E-state index in [1.165, 1.54) is 18.3 Å². The standard InChI is InChI=1S/C23H30O3/c1-7-16-17(8-2)23(10-4)20(21(24)26-6)19(22(16,23)9-3)15-13-11-12-14-18(15)25-5/h11-14H,7-10H2,1-6H3. The molecule has 0 aromatic heterocycles. The van der Waals surface area contributed by atoms with Crippen molar-refractivity contribution in [3.8, 4) is 5.75 Å². The fourth-order valence-corrected chi connectivity index (χ4v) is 6.07. The maximum atomic E-state index is 12.9. The third-order valence-electron chi connectivity index (χ3n) is 6.76. The van der Waals surface area contributed by atoms with E-state index in [1.807, 2.05) is 18.2 Å². The van der Waals surface area contributed by atoms with Crippen molar-refractivity contribution < 1.29 is 14.3 Å². The van der Waals surface area contributed by atoms with E-state index in [9.17, 15) is 4.79 Å². The molecule has 26 heavy (non-hydrogen) atoms. The smallest absolute Gasteiger partial charge is 0.335 e. The summed E-state index contributed by atoms with van der Waals surface area (Å²) in [6, 6.07) is 8.04. The molecule has 2 aliphatic rings. The summed E-state index contributed by atoms with van der Waals surface area (Å²) >= 11 is 0. The van der Waals surface area contributed by atoms with Crippen LogP contribution in [0.5, 0.6) is 5.75 Å². The number of hydrogen-bond acceptors (Lipinski definition) is 3. The predicted octanol–water partition coefficient (Wildman–Crippen LogP) is 5.56. The van der Waals surface area contributed by atoms with Gasteiger partial charge in [0.25, 0.3) is 0 Å². The highest BCUT2D eigenvalue weighted by molar-refractivity contribution is 6.10. The van der Waals surface area contributed by atoms with Gasteiger partial charge in [0, 0.05) is 16.4 Å². The molecule has 0 amide bonds. The minimum Gasteiger partial charge on any atom is -0.496 e. The molecule has 0 saturated heterocycles. The largest absolute Gasteiger partial charge is 0.496 e. The highest BCUT2D eigenvalue weighted by Crippen LogP contribution is 2.81. The lowest BCUT2D eigenvalue weighted by Gasteiger charge is -2.70. The van der Waals surface area contributed by atoms with Gasteiger partial charge in [0.05, 0.1) is 19.8 Å². The van der Waals surface area contributed by atoms with Crippen molar-refractivity contribution in [1.82, 2.24) is 0 Å². The average Bonchev–Trinajstić information content (AvgIpc) is 2.67. The average molecular weight is 354 g/mol. The Kier molecular flexibility index (Phi) is 4.76. The quantitative estimate of drug-likeness (QED) is 0.475. The molecule has 0 heterocycles. The van der Waals surface area contributed by atoms with Crippen LogP contribution in [0.1, 0.15) is 58.9 Å². The van der Waals surface area contributed by atoms with Gasteiger partial charge in [-0.2, -0.15) is 0 Å². The fourth-order valence-electron chi connectivity index (χ4n) is 6.07. The molecule has 3 heteroatoms. The first-order valence-corrected chi connectivity index (χ1v) is 9.75. The molecule has 3 rings (SSSR count). The predicted molar refractivity (Wildman–Crippen MR) is 105 cm³/mol. The van der Waals surface area contributed by atoms with Gasteiger partial charge in [-0.15, -0.1) is 0 Å². The van der Waals surface area contributed by atoms with Crippen molar-refractivity contribution in [2.24, 2.45) is 10.8 Å². The summed E-state index contributed by atoms with van der Waals surface area (Å²) in [4.78, 5) is 12.9. The van der Waals surface area contributed by atoms with E-state index in [2.05, 4.69) is 33.8 Å². The second kappa shape index (κ2) is 6.61. The van der Waals surface area contributed by atoms with Gasteiger partial charge in [0.1, 0.15) is 5.75 Å². The monoisotopic (exact) mass is 354 g/mol. The van der Waals surface area contributed by atoms with Gasteiger partial charge in [0.15, 0.2) is 0 Å². The highest BCUT2D eigenvalue weighted by atomic mass is 16.5. The molecule has 0 radical (unpaired) electrons. The summed E-state index contributed by atoms with van der Waals surface area (Å²) in [5.41, 5.74) is 5.72. The van der Waals surface area contributed by atoms with Crippen LogP contribution in [0.4, 0.5) is 0 Å². The Bertz CT molecular complexity index is 801. The second-order valence-electron chi connectivity index (χ2n) is 7.12. The Labute approximate surface area is 157 Å². The van der Waals surface area contributed by atoms with Gasteiger partial charge in [-0.25, -0.2) is 4.79 Å².